The summed E-state index contributed by atoms with van der Waals surface area (Å²) in [4.78, 5) is 66.5. The van der Waals surface area contributed by atoms with Crippen molar-refractivity contribution in [1.29, 1.82) is 0 Å². The molecule has 0 aromatic rings. The molecule has 0 aromatic carbocycles. The van der Waals surface area contributed by atoms with Gasteiger partial charge in [-0.3, -0.25) is 19.2 Å². The van der Waals surface area contributed by atoms with Gasteiger partial charge in [0.05, 0.1) is 12.6 Å². The Morgan fingerprint density at radius 3 is 2.05 bits per heavy atom. The highest BCUT2D eigenvalue weighted by molar-refractivity contribution is 6.37. The molecule has 10 heteroatoms. The summed E-state index contributed by atoms with van der Waals surface area (Å²) in [5, 5.41) is 5.60. The minimum absolute atomic E-state index is 0.0451. The molecule has 0 heterocycles. The molecule has 2 fully saturated rings. The van der Waals surface area contributed by atoms with Crippen molar-refractivity contribution < 1.29 is 28.7 Å². The van der Waals surface area contributed by atoms with Crippen LogP contribution in [0.4, 0.5) is 4.79 Å². The maximum absolute atomic E-state index is 14.2. The quantitative estimate of drug-likeness (QED) is 0.274. The van der Waals surface area contributed by atoms with Gasteiger partial charge >= 0.3 is 6.09 Å². The molecule has 10 nitrogen and oxygen atoms in total. The number of carbonyl (C=O) groups is 5. The van der Waals surface area contributed by atoms with E-state index in [0.29, 0.717) is 19.4 Å². The van der Waals surface area contributed by atoms with E-state index in [9.17, 15) is 24.0 Å². The lowest BCUT2D eigenvalue weighted by atomic mass is 9.80. The summed E-state index contributed by atoms with van der Waals surface area (Å²) in [6, 6.07) is -2.72. The SMILES string of the molecule is CC[C@@H](C(=O)NC(CC1CCC1)C(=O)C(N)=O)N(CC(C)C)C(=O)[C@@H](NC(=O)OCC(C)(C)C)C1CCCCC1. The van der Waals surface area contributed by atoms with E-state index in [1.54, 1.807) is 4.90 Å². The van der Waals surface area contributed by atoms with Crippen LogP contribution < -0.4 is 16.4 Å². The zero-order valence-corrected chi connectivity index (χ0v) is 25.4. The lowest BCUT2D eigenvalue weighted by Crippen LogP contribution is -2.60. The summed E-state index contributed by atoms with van der Waals surface area (Å²) in [5.41, 5.74) is 5.07. The van der Waals surface area contributed by atoms with E-state index in [2.05, 4.69) is 10.6 Å². The van der Waals surface area contributed by atoms with Crippen molar-refractivity contribution in [2.75, 3.05) is 13.2 Å². The van der Waals surface area contributed by atoms with Gasteiger partial charge in [0.1, 0.15) is 12.1 Å². The molecule has 2 rings (SSSR count). The fraction of sp³-hybridized carbons (Fsp3) is 0.833. The number of Topliss-reactive ketones (excluding diaryl/α,β-unsaturated/α-hetero) is 1. The Labute approximate surface area is 239 Å². The number of nitrogens with two attached hydrogens (primary N) is 1. The molecule has 0 saturated heterocycles. The molecule has 1 unspecified atom stereocenters. The number of rotatable bonds is 14. The molecule has 3 atom stereocenters. The summed E-state index contributed by atoms with van der Waals surface area (Å²) in [6.07, 6.45) is 7.55. The van der Waals surface area contributed by atoms with E-state index in [0.717, 1.165) is 51.4 Å². The highest BCUT2D eigenvalue weighted by atomic mass is 16.5. The van der Waals surface area contributed by atoms with Crippen LogP contribution in [0.1, 0.15) is 106 Å². The highest BCUT2D eigenvalue weighted by Crippen LogP contribution is 2.31. The van der Waals surface area contributed by atoms with Gasteiger partial charge in [-0.25, -0.2) is 4.79 Å². The van der Waals surface area contributed by atoms with Gasteiger partial charge in [0.15, 0.2) is 0 Å². The topological polar surface area (TPSA) is 148 Å². The maximum Gasteiger partial charge on any atom is 0.407 e. The number of alkyl carbamates (subject to hydrolysis) is 1. The average molecular weight is 565 g/mol. The molecular formula is C30H52N4O6. The Morgan fingerprint density at radius 1 is 0.950 bits per heavy atom. The number of carbonyl (C=O) groups excluding carboxylic acids is 5. The summed E-state index contributed by atoms with van der Waals surface area (Å²) in [7, 11) is 0. The Kier molecular flexibility index (Phi) is 12.9. The monoisotopic (exact) mass is 564 g/mol. The van der Waals surface area contributed by atoms with Crippen molar-refractivity contribution in [2.24, 2.45) is 28.9 Å². The van der Waals surface area contributed by atoms with Crippen molar-refractivity contribution in [3.05, 3.63) is 0 Å². The molecule has 40 heavy (non-hydrogen) atoms. The van der Waals surface area contributed by atoms with E-state index >= 15 is 0 Å². The van der Waals surface area contributed by atoms with Crippen LogP contribution >= 0.6 is 0 Å². The summed E-state index contributed by atoms with van der Waals surface area (Å²) >= 11 is 0. The number of ketones is 1. The van der Waals surface area contributed by atoms with Crippen molar-refractivity contribution in [2.45, 2.75) is 124 Å². The number of amides is 4. The molecule has 4 N–H and O–H groups in total. The van der Waals surface area contributed by atoms with Gasteiger partial charge < -0.3 is 26.0 Å². The largest absolute Gasteiger partial charge is 0.449 e. The smallest absolute Gasteiger partial charge is 0.407 e. The van der Waals surface area contributed by atoms with E-state index in [4.69, 9.17) is 10.5 Å². The van der Waals surface area contributed by atoms with Gasteiger partial charge in [0, 0.05) is 6.54 Å². The van der Waals surface area contributed by atoms with Gasteiger partial charge in [-0.1, -0.05) is 80.1 Å². The van der Waals surface area contributed by atoms with Gasteiger partial charge in [0.25, 0.3) is 5.91 Å². The van der Waals surface area contributed by atoms with E-state index < -0.39 is 41.8 Å². The average Bonchev–Trinajstić information content (AvgIpc) is 2.86. The molecule has 2 aliphatic carbocycles. The fourth-order valence-corrected chi connectivity index (χ4v) is 5.52. The first-order valence-corrected chi connectivity index (χ1v) is 15.1. The molecular weight excluding hydrogens is 512 g/mol. The van der Waals surface area contributed by atoms with Crippen molar-refractivity contribution in [3.8, 4) is 0 Å². The number of primary amides is 1. The zero-order chi connectivity index (χ0) is 30.0. The van der Waals surface area contributed by atoms with Crippen LogP contribution in [0.5, 0.6) is 0 Å². The predicted octanol–water partition coefficient (Wildman–Crippen LogP) is 3.70. The third-order valence-electron chi connectivity index (χ3n) is 7.88. The molecule has 2 aliphatic rings. The number of nitrogens with one attached hydrogen (secondary N) is 2. The van der Waals surface area contributed by atoms with Crippen molar-refractivity contribution in [3.63, 3.8) is 0 Å². The lowest BCUT2D eigenvalue weighted by molar-refractivity contribution is -0.145. The first-order chi connectivity index (χ1) is 18.7. The number of ether oxygens (including phenoxy) is 1. The van der Waals surface area contributed by atoms with Crippen molar-refractivity contribution in [1.82, 2.24) is 15.5 Å². The van der Waals surface area contributed by atoms with Crippen LogP contribution in [0.2, 0.25) is 0 Å². The number of hydrogen-bond donors (Lipinski definition) is 3. The number of nitrogens with zero attached hydrogens (tertiary/aromatic N) is 1. The first-order valence-electron chi connectivity index (χ1n) is 15.1. The zero-order valence-electron chi connectivity index (χ0n) is 25.4. The Morgan fingerprint density at radius 2 is 1.57 bits per heavy atom. The van der Waals surface area contributed by atoms with Crippen LogP contribution in [0.3, 0.4) is 0 Å². The molecule has 0 radical (unpaired) electrons. The molecule has 4 amide bonds. The lowest BCUT2D eigenvalue weighted by Gasteiger charge is -2.38. The van der Waals surface area contributed by atoms with E-state index in [1.807, 2.05) is 41.5 Å². The maximum atomic E-state index is 14.2. The summed E-state index contributed by atoms with van der Waals surface area (Å²) < 4.78 is 5.45. The Hall–Kier alpha value is -2.65. The molecule has 228 valence electrons. The second-order valence-corrected chi connectivity index (χ2v) is 13.3. The summed E-state index contributed by atoms with van der Waals surface area (Å²) in [6.45, 7) is 12.1. The number of hydrogen-bond acceptors (Lipinski definition) is 6. The van der Waals surface area contributed by atoms with Gasteiger partial charge in [-0.2, -0.15) is 0 Å². The van der Waals surface area contributed by atoms with E-state index in [-0.39, 0.29) is 35.7 Å². The third-order valence-corrected chi connectivity index (χ3v) is 7.88. The van der Waals surface area contributed by atoms with Crippen LogP contribution in [0, 0.1) is 23.2 Å². The molecule has 0 aliphatic heterocycles. The molecule has 2 saturated carbocycles. The highest BCUT2D eigenvalue weighted by Gasteiger charge is 2.40. The molecule has 0 aromatic heterocycles. The second kappa shape index (κ2) is 15.4. The Balaban J connectivity index is 2.30. The van der Waals surface area contributed by atoms with Gasteiger partial charge in [0.2, 0.25) is 17.6 Å². The van der Waals surface area contributed by atoms with Crippen molar-refractivity contribution >= 4 is 29.6 Å². The minimum Gasteiger partial charge on any atom is -0.449 e. The predicted molar refractivity (Wildman–Crippen MR) is 153 cm³/mol. The first kappa shape index (κ1) is 33.6. The molecule has 0 spiro atoms. The van der Waals surface area contributed by atoms with Crippen LogP contribution in [-0.4, -0.2) is 65.8 Å². The standard InChI is InChI=1S/C30H52N4O6/c1-7-23(27(37)32-22(25(35)26(31)36)16-20-12-11-13-20)34(17-19(2)3)28(38)24(21-14-9-8-10-15-21)33-29(39)40-18-30(4,5)6/h19-24H,7-18H2,1-6H3,(H2,31,36)(H,32,37)(H,33,39)/t22?,23-,24-/m0/s1. The van der Waals surface area contributed by atoms with Crippen LogP contribution in [0.15, 0.2) is 0 Å². The summed E-state index contributed by atoms with van der Waals surface area (Å²) in [5.74, 6) is -2.49. The van der Waals surface area contributed by atoms with Gasteiger partial charge in [-0.15, -0.1) is 0 Å². The second-order valence-electron chi connectivity index (χ2n) is 13.3. The van der Waals surface area contributed by atoms with Crippen LogP contribution in [0.25, 0.3) is 0 Å². The molecule has 0 bridgehead atoms. The third kappa shape index (κ3) is 10.4. The Bertz CT molecular complexity index is 889. The normalized spacial score (nSPS) is 18.7. The van der Waals surface area contributed by atoms with Crippen LogP contribution in [-0.2, 0) is 23.9 Å². The van der Waals surface area contributed by atoms with E-state index in [1.165, 1.54) is 0 Å². The fourth-order valence-electron chi connectivity index (χ4n) is 5.52. The van der Waals surface area contributed by atoms with Gasteiger partial charge in [-0.05, 0) is 48.9 Å². The minimum atomic E-state index is -1.08.